The summed E-state index contributed by atoms with van der Waals surface area (Å²) in [6.45, 7) is -0.00978. The molecule has 7 rings (SSSR count). The Labute approximate surface area is 431 Å². The quantitative estimate of drug-likeness (QED) is 0.0197. The smallest absolute Gasteiger partial charge is 0.336 e. The minimum atomic E-state index is -6.06. The van der Waals surface area contributed by atoms with Crippen molar-refractivity contribution in [3.63, 3.8) is 0 Å². The number of nitrogens with zero attached hydrogens (tertiary/aromatic N) is 3. The van der Waals surface area contributed by atoms with Crippen molar-refractivity contribution < 1.29 is 85.0 Å². The van der Waals surface area contributed by atoms with Crippen molar-refractivity contribution in [2.45, 2.75) is 76.5 Å². The summed E-state index contributed by atoms with van der Waals surface area (Å²) in [6.07, 6.45) is 5.85. The van der Waals surface area contributed by atoms with Crippen LogP contribution in [0.1, 0.15) is 96.7 Å². The Kier molecular flexibility index (Phi) is 18.6. The number of phenols is 1. The number of phosphoric ester groups is 1. The number of hydrogen-bond acceptors (Lipinski definition) is 20. The summed E-state index contributed by atoms with van der Waals surface area (Å²) in [4.78, 5) is 114. The molecule has 0 radical (unpaired) electrons. The van der Waals surface area contributed by atoms with Crippen LogP contribution >= 0.6 is 23.5 Å². The van der Waals surface area contributed by atoms with E-state index in [4.69, 9.17) is 19.8 Å². The van der Waals surface area contributed by atoms with Crippen molar-refractivity contribution in [2.75, 3.05) is 32.0 Å². The number of benzene rings is 3. The molecule has 3 unspecified atom stereocenters. The number of aromatic carboxylic acids is 1. The van der Waals surface area contributed by atoms with Crippen LogP contribution in [0.25, 0.3) is 44.5 Å². The summed E-state index contributed by atoms with van der Waals surface area (Å²) in [6, 6.07) is 12.9. The number of phenolic OH excluding ortho intramolecular Hbond substituents is 1. The van der Waals surface area contributed by atoms with E-state index in [-0.39, 0.29) is 82.7 Å². The topological polar surface area (TPSA) is 409 Å². The molecule has 0 bridgehead atoms. The first-order valence-electron chi connectivity index (χ1n) is 23.4. The SMILES string of the molecule is Nc1ncnc2c1c(C#CCNC(=O)CCCCCNC(=O)CCCCCNC(=O)c1ccc(-c3c4ccc(=O)cc-4oc4cc(O)ccc34)c(C(=O)O)c1)cn2[C@H]1CC[C@@H](COP(=O)([O-])OP(=O)([O-])OP(=O)([O-])O)O1. The Morgan fingerprint density at radius 2 is 1.55 bits per heavy atom. The predicted octanol–water partition coefficient (Wildman–Crippen LogP) is 3.56. The summed E-state index contributed by atoms with van der Waals surface area (Å²) >= 11 is 0. The number of hydrogen-bond donors (Lipinski definition) is 7. The molecule has 29 heteroatoms. The van der Waals surface area contributed by atoms with Crippen molar-refractivity contribution in [3.8, 4) is 40.0 Å². The number of nitrogens with two attached hydrogens (primary N) is 1. The summed E-state index contributed by atoms with van der Waals surface area (Å²) in [5.41, 5.74) is 7.98. The van der Waals surface area contributed by atoms with Crippen LogP contribution in [0.3, 0.4) is 0 Å². The number of nitrogens with one attached hydrogen (secondary N) is 3. The van der Waals surface area contributed by atoms with Gasteiger partial charge in [-0.3, -0.25) is 32.9 Å². The third kappa shape index (κ3) is 15.4. The van der Waals surface area contributed by atoms with E-state index in [1.54, 1.807) is 16.8 Å². The molecule has 1 fully saturated rings. The average Bonchev–Trinajstić information content (AvgIpc) is 3.98. The number of carbonyl (C=O) groups excluding carboxylic acids is 3. The number of phosphoric acid groups is 3. The molecule has 5 atom stereocenters. The standard InChI is InChI=1S/C47H52N7O19P3/c48-44-42-29(25-54(45(42)53-27-52-44)41-18-14-32(70-41)26-69-75(65,66)73-76(67,68)72-74(62,63)64)8-7-21-50-40(58)10-3-1-5-19-49-39(57)9-4-2-6-20-51-46(59)28-11-15-33(36(22-28)47(60)61)43-34-16-12-30(55)23-37(34)71-38-24-31(56)13-17-35(38)43/h11-13,15-17,22-25,27,32,41,55H,1-6,9-10,14,18-21,26H2,(H,49,57)(H,50,58)(H,51,59)(H,60,61)(H,65,66)(H,67,68)(H2,48,52,53)(H2,62,63,64)/p-3/t32-,41+/m0/s1. The first-order chi connectivity index (χ1) is 36.1. The van der Waals surface area contributed by atoms with E-state index in [0.717, 1.165) is 0 Å². The highest BCUT2D eigenvalue weighted by Crippen LogP contribution is 2.61. The molecule has 76 heavy (non-hydrogen) atoms. The number of ether oxygens (including phenoxy) is 1. The molecule has 4 aromatic rings. The monoisotopic (exact) mass is 1110 g/mol. The normalized spacial score (nSPS) is 16.8. The van der Waals surface area contributed by atoms with Gasteiger partial charge in [0.25, 0.3) is 29.4 Å². The lowest BCUT2D eigenvalue weighted by atomic mass is 9.90. The van der Waals surface area contributed by atoms with Gasteiger partial charge in [0.2, 0.25) is 11.8 Å². The fourth-order valence-electron chi connectivity index (χ4n) is 8.29. The third-order valence-electron chi connectivity index (χ3n) is 11.7. The van der Waals surface area contributed by atoms with Gasteiger partial charge in [-0.1, -0.05) is 30.7 Å². The molecule has 3 aliphatic rings. The summed E-state index contributed by atoms with van der Waals surface area (Å²) in [5, 5.41) is 29.6. The van der Waals surface area contributed by atoms with Crippen LogP contribution in [-0.2, 0) is 41.2 Å². The highest BCUT2D eigenvalue weighted by Gasteiger charge is 2.32. The van der Waals surface area contributed by atoms with Crippen molar-refractivity contribution in [1.29, 1.82) is 0 Å². The highest BCUT2D eigenvalue weighted by molar-refractivity contribution is 7.65. The van der Waals surface area contributed by atoms with Crippen molar-refractivity contribution >= 4 is 75.0 Å². The molecule has 2 aromatic carbocycles. The minimum Gasteiger partial charge on any atom is -0.756 e. The maximum absolute atomic E-state index is 13.1. The molecule has 0 spiro atoms. The van der Waals surface area contributed by atoms with Crippen molar-refractivity contribution in [3.05, 3.63) is 94.0 Å². The Hall–Kier alpha value is -6.84. The van der Waals surface area contributed by atoms with Crippen LogP contribution in [0.15, 0.2) is 76.3 Å². The number of carboxylic acid groups (broad SMARTS) is 1. The van der Waals surface area contributed by atoms with Crippen LogP contribution in [0.2, 0.25) is 0 Å². The zero-order chi connectivity index (χ0) is 54.8. The molecule has 3 amide bonds. The number of nitrogen functional groups attached to an aromatic ring is 1. The van der Waals surface area contributed by atoms with Gasteiger partial charge in [0.15, 0.2) is 5.43 Å². The van der Waals surface area contributed by atoms with Gasteiger partial charge in [0, 0.05) is 66.3 Å². The molecule has 404 valence electrons. The van der Waals surface area contributed by atoms with E-state index in [1.165, 1.54) is 54.9 Å². The van der Waals surface area contributed by atoms with Gasteiger partial charge in [-0.05, 0) is 80.5 Å². The van der Waals surface area contributed by atoms with Crippen molar-refractivity contribution in [2.24, 2.45) is 0 Å². The maximum Gasteiger partial charge on any atom is 0.336 e. The average molecular weight is 1110 g/mol. The number of carboxylic acids is 1. The van der Waals surface area contributed by atoms with Crippen molar-refractivity contribution in [1.82, 2.24) is 30.5 Å². The second-order valence-corrected chi connectivity index (χ2v) is 21.5. The van der Waals surface area contributed by atoms with E-state index in [1.807, 2.05) is 0 Å². The zero-order valence-electron chi connectivity index (χ0n) is 40.0. The molecule has 2 aromatic heterocycles. The van der Waals surface area contributed by atoms with Gasteiger partial charge in [-0.2, -0.15) is 0 Å². The molecule has 0 saturated carbocycles. The molecule has 1 aliphatic carbocycles. The lowest BCUT2D eigenvalue weighted by molar-refractivity contribution is -0.250. The predicted molar refractivity (Wildman–Crippen MR) is 264 cm³/mol. The molecule has 2 aliphatic heterocycles. The van der Waals surface area contributed by atoms with Gasteiger partial charge in [-0.25, -0.2) is 23.4 Å². The first-order valence-corrected chi connectivity index (χ1v) is 27.9. The lowest BCUT2D eigenvalue weighted by Gasteiger charge is -2.32. The van der Waals surface area contributed by atoms with Crippen LogP contribution in [0.5, 0.6) is 5.75 Å². The number of rotatable bonds is 24. The number of fused-ring (bicyclic) bond motifs is 3. The zero-order valence-corrected chi connectivity index (χ0v) is 42.7. The first kappa shape index (κ1) is 56.9. The summed E-state index contributed by atoms with van der Waals surface area (Å²) in [7, 11) is -17.6. The largest absolute Gasteiger partial charge is 0.756 e. The van der Waals surface area contributed by atoms with Gasteiger partial charge in [0.05, 0.1) is 35.8 Å². The third-order valence-corrected chi connectivity index (χ3v) is 15.4. The van der Waals surface area contributed by atoms with E-state index < -0.39 is 54.3 Å². The number of carbonyl (C=O) groups is 4. The number of aromatic hydroxyl groups is 1. The summed E-state index contributed by atoms with van der Waals surface area (Å²) in [5.74, 6) is 3.90. The van der Waals surface area contributed by atoms with E-state index in [0.29, 0.717) is 91.1 Å². The van der Waals surface area contributed by atoms with E-state index >= 15 is 0 Å². The van der Waals surface area contributed by atoms with Crippen LogP contribution in [0.4, 0.5) is 5.82 Å². The molecular formula is C47H49N7O19P3-3. The molecule has 4 heterocycles. The van der Waals surface area contributed by atoms with Crippen LogP contribution < -0.4 is 41.8 Å². The molecule has 1 saturated heterocycles. The Morgan fingerprint density at radius 1 is 0.842 bits per heavy atom. The van der Waals surface area contributed by atoms with Gasteiger partial charge in [0.1, 0.15) is 41.1 Å². The number of anilines is 1. The molecule has 8 N–H and O–H groups in total. The van der Waals surface area contributed by atoms with Gasteiger partial charge >= 0.3 is 5.97 Å². The van der Waals surface area contributed by atoms with Crippen LogP contribution in [-0.4, -0.2) is 85.7 Å². The fourth-order valence-corrected chi connectivity index (χ4v) is 11.2. The second kappa shape index (κ2) is 24.9. The highest BCUT2D eigenvalue weighted by atomic mass is 31.3. The molecule has 26 nitrogen and oxygen atoms in total. The lowest BCUT2D eigenvalue weighted by Crippen LogP contribution is -2.25. The second-order valence-electron chi connectivity index (χ2n) is 17.2. The van der Waals surface area contributed by atoms with Gasteiger partial charge < -0.3 is 69.7 Å². The Bertz CT molecular complexity index is 3400. The number of unbranched alkanes of at least 4 members (excludes halogenated alkanes) is 4. The molecular weight excluding hydrogens is 1060 g/mol. The summed E-state index contributed by atoms with van der Waals surface area (Å²) < 4.78 is 58.9. The van der Waals surface area contributed by atoms with E-state index in [9.17, 15) is 62.6 Å². The van der Waals surface area contributed by atoms with Crippen LogP contribution in [0, 0.1) is 11.8 Å². The van der Waals surface area contributed by atoms with Gasteiger partial charge in [-0.15, -0.1) is 0 Å². The number of aromatic nitrogens is 3. The Morgan fingerprint density at radius 3 is 2.28 bits per heavy atom. The Balaban J connectivity index is 0.772. The fraction of sp³-hybridized carbons (Fsp3) is 0.340. The maximum atomic E-state index is 13.1. The van der Waals surface area contributed by atoms with E-state index in [2.05, 4.69) is 50.9 Å². The minimum absolute atomic E-state index is 0.00444. The number of amides is 3.